The summed E-state index contributed by atoms with van der Waals surface area (Å²) in [4.78, 5) is 23.3. The van der Waals surface area contributed by atoms with Crippen molar-refractivity contribution in [2.24, 2.45) is 0 Å². The topological polar surface area (TPSA) is 45.7 Å². The van der Waals surface area contributed by atoms with E-state index in [0.717, 1.165) is 53.5 Å². The van der Waals surface area contributed by atoms with E-state index in [4.69, 9.17) is 21.3 Å². The first-order valence-corrected chi connectivity index (χ1v) is 12.1. The molecule has 30 heavy (non-hydrogen) atoms. The van der Waals surface area contributed by atoms with Crippen molar-refractivity contribution in [3.8, 4) is 0 Å². The fourth-order valence-electron chi connectivity index (χ4n) is 3.34. The van der Waals surface area contributed by atoms with E-state index in [0.29, 0.717) is 22.5 Å². The molecule has 2 heterocycles. The lowest BCUT2D eigenvalue weighted by molar-refractivity contribution is -0.116. The minimum absolute atomic E-state index is 0.0601. The van der Waals surface area contributed by atoms with Crippen LogP contribution in [0.1, 0.15) is 5.56 Å². The number of morpholine rings is 1. The first-order valence-electron chi connectivity index (χ1n) is 9.96. The zero-order valence-corrected chi connectivity index (χ0v) is 19.2. The summed E-state index contributed by atoms with van der Waals surface area (Å²) in [6, 6.07) is 13.9. The number of anilines is 1. The summed E-state index contributed by atoms with van der Waals surface area (Å²) >= 11 is 9.45. The molecule has 1 aliphatic heterocycles. The maximum Gasteiger partial charge on any atom is 0.239 e. The second-order valence-corrected chi connectivity index (χ2v) is 9.57. The Morgan fingerprint density at radius 1 is 1.23 bits per heavy atom. The molecule has 5 nitrogen and oxygen atoms in total. The number of carbonyl (C=O) groups is 1. The summed E-state index contributed by atoms with van der Waals surface area (Å²) in [5.41, 5.74) is 1.94. The van der Waals surface area contributed by atoms with Crippen LogP contribution >= 0.6 is 34.7 Å². The molecule has 3 aromatic rings. The number of fused-ring (bicyclic) bond motifs is 1. The fourth-order valence-corrected chi connectivity index (χ4v) is 5.49. The highest BCUT2D eigenvalue weighted by molar-refractivity contribution is 8.00. The lowest BCUT2D eigenvalue weighted by Crippen LogP contribution is -2.43. The van der Waals surface area contributed by atoms with E-state index in [1.54, 1.807) is 11.8 Å². The predicted molar refractivity (Wildman–Crippen MR) is 126 cm³/mol. The van der Waals surface area contributed by atoms with Crippen molar-refractivity contribution < 1.29 is 9.53 Å². The van der Waals surface area contributed by atoms with E-state index >= 15 is 0 Å². The van der Waals surface area contributed by atoms with Gasteiger partial charge in [0.1, 0.15) is 0 Å². The molecule has 0 unspecified atom stereocenters. The van der Waals surface area contributed by atoms with Crippen molar-refractivity contribution in [1.29, 1.82) is 0 Å². The summed E-state index contributed by atoms with van der Waals surface area (Å²) in [6.45, 7) is 6.70. The number of benzene rings is 2. The van der Waals surface area contributed by atoms with E-state index in [1.165, 1.54) is 11.3 Å². The number of hydrogen-bond acceptors (Lipinski definition) is 6. The Balaban J connectivity index is 1.55. The SMILES string of the molecule is Cc1ccc(Cl)c2sc(N(CCN3CCOCC3)C(=O)CSc3ccccc3)nc12. The largest absolute Gasteiger partial charge is 0.379 e. The number of ether oxygens (including phenoxy) is 1. The summed E-state index contributed by atoms with van der Waals surface area (Å²) < 4.78 is 6.38. The van der Waals surface area contributed by atoms with Gasteiger partial charge >= 0.3 is 0 Å². The molecule has 2 aromatic carbocycles. The molecule has 1 fully saturated rings. The predicted octanol–water partition coefficient (Wildman–Crippen LogP) is 4.72. The standard InChI is InChI=1S/C22H24ClN3O2S2/c1-16-7-8-18(23)21-20(16)24-22(30-21)26(10-9-25-11-13-28-14-12-25)19(27)15-29-17-5-3-2-4-6-17/h2-8H,9-15H2,1H3. The molecule has 0 atom stereocenters. The van der Waals surface area contributed by atoms with Gasteiger partial charge in [-0.1, -0.05) is 47.2 Å². The lowest BCUT2D eigenvalue weighted by atomic mass is 10.2. The molecule has 1 amide bonds. The molecule has 0 N–H and O–H groups in total. The van der Waals surface area contributed by atoms with Gasteiger partial charge in [-0.15, -0.1) is 11.8 Å². The van der Waals surface area contributed by atoms with Crippen LogP contribution in [-0.2, 0) is 9.53 Å². The number of aryl methyl sites for hydroxylation is 1. The van der Waals surface area contributed by atoms with Crippen LogP contribution in [0.15, 0.2) is 47.4 Å². The number of halogens is 1. The molecular weight excluding hydrogens is 438 g/mol. The Morgan fingerprint density at radius 2 is 2.00 bits per heavy atom. The van der Waals surface area contributed by atoms with Gasteiger partial charge in [0.05, 0.1) is 34.2 Å². The highest BCUT2D eigenvalue weighted by Crippen LogP contribution is 2.36. The molecule has 0 aliphatic carbocycles. The van der Waals surface area contributed by atoms with Crippen LogP contribution in [0.25, 0.3) is 10.2 Å². The highest BCUT2D eigenvalue weighted by atomic mass is 35.5. The van der Waals surface area contributed by atoms with Crippen LogP contribution in [0.5, 0.6) is 0 Å². The number of thioether (sulfide) groups is 1. The number of amides is 1. The zero-order valence-electron chi connectivity index (χ0n) is 16.8. The van der Waals surface area contributed by atoms with E-state index in [9.17, 15) is 4.79 Å². The van der Waals surface area contributed by atoms with Crippen LogP contribution in [-0.4, -0.2) is 60.9 Å². The minimum atomic E-state index is 0.0601. The Hall–Kier alpha value is -1.64. The number of aromatic nitrogens is 1. The van der Waals surface area contributed by atoms with Gasteiger partial charge < -0.3 is 4.74 Å². The lowest BCUT2D eigenvalue weighted by Gasteiger charge is -2.29. The minimum Gasteiger partial charge on any atom is -0.379 e. The maximum atomic E-state index is 13.2. The van der Waals surface area contributed by atoms with Crippen molar-refractivity contribution in [3.05, 3.63) is 53.1 Å². The first kappa shape index (κ1) is 21.6. The second-order valence-electron chi connectivity index (χ2n) is 7.14. The number of thiazole rings is 1. The van der Waals surface area contributed by atoms with E-state index < -0.39 is 0 Å². The van der Waals surface area contributed by atoms with Gasteiger partial charge in [0, 0.05) is 31.1 Å². The van der Waals surface area contributed by atoms with Gasteiger partial charge in [-0.2, -0.15) is 0 Å². The number of rotatable bonds is 7. The monoisotopic (exact) mass is 461 g/mol. The third-order valence-corrected chi connectivity index (χ3v) is 7.60. The van der Waals surface area contributed by atoms with Crippen molar-refractivity contribution in [2.75, 3.05) is 50.0 Å². The van der Waals surface area contributed by atoms with E-state index in [1.807, 2.05) is 54.3 Å². The normalized spacial score (nSPS) is 14.9. The maximum absolute atomic E-state index is 13.2. The summed E-state index contributed by atoms with van der Waals surface area (Å²) in [5, 5.41) is 1.40. The van der Waals surface area contributed by atoms with Crippen molar-refractivity contribution in [1.82, 2.24) is 9.88 Å². The van der Waals surface area contributed by atoms with Gasteiger partial charge in [0.2, 0.25) is 5.91 Å². The van der Waals surface area contributed by atoms with E-state index in [-0.39, 0.29) is 5.91 Å². The summed E-state index contributed by atoms with van der Waals surface area (Å²) in [7, 11) is 0. The Labute approximate surface area is 190 Å². The average Bonchev–Trinajstić information content (AvgIpc) is 3.23. The molecule has 158 valence electrons. The van der Waals surface area contributed by atoms with Crippen molar-refractivity contribution in [3.63, 3.8) is 0 Å². The van der Waals surface area contributed by atoms with Crippen LogP contribution < -0.4 is 4.90 Å². The Kier molecular flexibility index (Phi) is 7.28. The summed E-state index contributed by atoms with van der Waals surface area (Å²) in [6.07, 6.45) is 0. The van der Waals surface area contributed by atoms with Gasteiger partial charge in [-0.3, -0.25) is 14.6 Å². The molecule has 0 spiro atoms. The molecule has 1 saturated heterocycles. The zero-order chi connectivity index (χ0) is 20.9. The number of carbonyl (C=O) groups excluding carboxylic acids is 1. The fraction of sp³-hybridized carbons (Fsp3) is 0.364. The van der Waals surface area contributed by atoms with Gasteiger partial charge in [0.15, 0.2) is 5.13 Å². The molecular formula is C22H24ClN3O2S2. The molecule has 0 saturated carbocycles. The quantitative estimate of drug-likeness (QED) is 0.476. The molecule has 0 bridgehead atoms. The van der Waals surface area contributed by atoms with Crippen molar-refractivity contribution in [2.45, 2.75) is 11.8 Å². The van der Waals surface area contributed by atoms with Gasteiger partial charge in [-0.25, -0.2) is 4.98 Å². The second kappa shape index (κ2) is 10.1. The third kappa shape index (κ3) is 5.15. The van der Waals surface area contributed by atoms with Crippen LogP contribution in [0.3, 0.4) is 0 Å². The first-order chi connectivity index (χ1) is 14.6. The Bertz CT molecular complexity index is 967. The van der Waals surface area contributed by atoms with Crippen molar-refractivity contribution >= 4 is 56.0 Å². The molecule has 1 aromatic heterocycles. The smallest absolute Gasteiger partial charge is 0.239 e. The van der Waals surface area contributed by atoms with Crippen LogP contribution in [0.4, 0.5) is 5.13 Å². The summed E-state index contributed by atoms with van der Waals surface area (Å²) in [5.74, 6) is 0.431. The van der Waals surface area contributed by atoms with Gasteiger partial charge in [-0.05, 0) is 30.7 Å². The number of nitrogens with zero attached hydrogens (tertiary/aromatic N) is 3. The number of hydrogen-bond donors (Lipinski definition) is 0. The molecule has 8 heteroatoms. The molecule has 0 radical (unpaired) electrons. The molecule has 1 aliphatic rings. The van der Waals surface area contributed by atoms with Crippen LogP contribution in [0, 0.1) is 6.92 Å². The Morgan fingerprint density at radius 3 is 2.73 bits per heavy atom. The molecule has 4 rings (SSSR count). The third-order valence-electron chi connectivity index (χ3n) is 5.07. The van der Waals surface area contributed by atoms with Crippen LogP contribution in [0.2, 0.25) is 5.02 Å². The highest BCUT2D eigenvalue weighted by Gasteiger charge is 2.22. The van der Waals surface area contributed by atoms with E-state index in [2.05, 4.69) is 4.90 Å². The van der Waals surface area contributed by atoms with Gasteiger partial charge in [0.25, 0.3) is 0 Å². The average molecular weight is 462 g/mol.